The van der Waals surface area contributed by atoms with Crippen LogP contribution in [-0.2, 0) is 16.4 Å². The first kappa shape index (κ1) is 22.1. The quantitative estimate of drug-likeness (QED) is 0.462. The molecule has 32 heavy (non-hydrogen) atoms. The number of hydrogen-bond donors (Lipinski definition) is 0. The molecule has 3 aromatic carbocycles. The Balaban J connectivity index is 1.72. The van der Waals surface area contributed by atoms with Crippen LogP contribution in [0.15, 0.2) is 90.3 Å². The van der Waals surface area contributed by atoms with Gasteiger partial charge in [0.2, 0.25) is 0 Å². The van der Waals surface area contributed by atoms with Crippen molar-refractivity contribution in [3.05, 3.63) is 102 Å². The molecule has 0 unspecified atom stereocenters. The minimum Gasteiger partial charge on any atom is -0.308 e. The van der Waals surface area contributed by atoms with E-state index in [-0.39, 0.29) is 17.3 Å². The zero-order valence-corrected chi connectivity index (χ0v) is 19.0. The number of anilines is 2. The lowest BCUT2D eigenvalue weighted by Crippen LogP contribution is -2.36. The molecular weight excluding hydrogens is 444 g/mol. The molecule has 1 aliphatic rings. The second-order valence-corrected chi connectivity index (χ2v) is 9.76. The number of rotatable bonds is 6. The minimum absolute atomic E-state index is 0.0235. The summed E-state index contributed by atoms with van der Waals surface area (Å²) in [7, 11) is -3.98. The number of sulfonamides is 1. The van der Waals surface area contributed by atoms with E-state index in [0.717, 1.165) is 24.1 Å². The Morgan fingerprint density at radius 1 is 1.06 bits per heavy atom. The summed E-state index contributed by atoms with van der Waals surface area (Å²) in [5.74, 6) is -0.220. The van der Waals surface area contributed by atoms with Crippen LogP contribution in [0, 0.1) is 0 Å². The highest BCUT2D eigenvalue weighted by molar-refractivity contribution is 7.92. The van der Waals surface area contributed by atoms with E-state index in [1.807, 2.05) is 24.3 Å². The van der Waals surface area contributed by atoms with Gasteiger partial charge in [-0.2, -0.15) is 0 Å². The van der Waals surface area contributed by atoms with Crippen molar-refractivity contribution in [1.29, 1.82) is 0 Å². The smallest absolute Gasteiger partial charge is 0.264 e. The van der Waals surface area contributed by atoms with Crippen LogP contribution in [0.3, 0.4) is 0 Å². The first-order chi connectivity index (χ1) is 15.4. The van der Waals surface area contributed by atoms with E-state index >= 15 is 0 Å². The molecule has 0 aliphatic carbocycles. The first-order valence-corrected chi connectivity index (χ1v) is 12.1. The Morgan fingerprint density at radius 2 is 1.81 bits per heavy atom. The van der Waals surface area contributed by atoms with E-state index in [2.05, 4.69) is 6.58 Å². The molecule has 0 saturated carbocycles. The van der Waals surface area contributed by atoms with Crippen molar-refractivity contribution in [2.45, 2.75) is 17.7 Å². The molecule has 0 aromatic heterocycles. The van der Waals surface area contributed by atoms with Crippen molar-refractivity contribution in [3.63, 3.8) is 0 Å². The fraction of sp³-hybridized carbons (Fsp3) is 0.160. The number of aryl methyl sites for hydroxylation is 1. The van der Waals surface area contributed by atoms with E-state index < -0.39 is 10.0 Å². The Kier molecular flexibility index (Phi) is 6.35. The van der Waals surface area contributed by atoms with Crippen LogP contribution in [0.4, 0.5) is 11.4 Å². The largest absolute Gasteiger partial charge is 0.308 e. The SMILES string of the molecule is C=CCN(c1ccccc1Cl)S(=O)(=O)c1cccc(C(=O)N2CCCc3ccccc32)c1. The molecular formula is C25H23ClN2O3S. The summed E-state index contributed by atoms with van der Waals surface area (Å²) in [6.07, 6.45) is 3.28. The number of hydrogen-bond acceptors (Lipinski definition) is 3. The van der Waals surface area contributed by atoms with E-state index in [9.17, 15) is 13.2 Å². The summed E-state index contributed by atoms with van der Waals surface area (Å²) in [5, 5.41) is 0.315. The van der Waals surface area contributed by atoms with Crippen LogP contribution in [0.25, 0.3) is 0 Å². The zero-order valence-electron chi connectivity index (χ0n) is 17.4. The fourth-order valence-electron chi connectivity index (χ4n) is 3.91. The lowest BCUT2D eigenvalue weighted by molar-refractivity contribution is 0.0985. The first-order valence-electron chi connectivity index (χ1n) is 10.3. The molecule has 0 radical (unpaired) electrons. The maximum Gasteiger partial charge on any atom is 0.264 e. The number of para-hydroxylation sites is 2. The lowest BCUT2D eigenvalue weighted by atomic mass is 10.0. The number of halogens is 1. The van der Waals surface area contributed by atoms with Gasteiger partial charge < -0.3 is 4.90 Å². The molecule has 1 heterocycles. The highest BCUT2D eigenvalue weighted by Gasteiger charge is 2.28. The topological polar surface area (TPSA) is 57.7 Å². The van der Waals surface area contributed by atoms with Crippen LogP contribution < -0.4 is 9.21 Å². The Labute approximate surface area is 193 Å². The van der Waals surface area contributed by atoms with Crippen molar-refractivity contribution < 1.29 is 13.2 Å². The summed E-state index contributed by atoms with van der Waals surface area (Å²) in [6.45, 7) is 4.32. The third-order valence-electron chi connectivity index (χ3n) is 5.44. The molecule has 0 atom stereocenters. The molecule has 7 heteroatoms. The van der Waals surface area contributed by atoms with Gasteiger partial charge in [0.25, 0.3) is 15.9 Å². The summed E-state index contributed by atoms with van der Waals surface area (Å²) in [6, 6.07) is 20.7. The molecule has 1 amide bonds. The van der Waals surface area contributed by atoms with Gasteiger partial charge in [-0.1, -0.05) is 54.1 Å². The highest BCUT2D eigenvalue weighted by atomic mass is 35.5. The van der Waals surface area contributed by atoms with Crippen molar-refractivity contribution >= 4 is 38.9 Å². The summed E-state index contributed by atoms with van der Waals surface area (Å²) >= 11 is 6.28. The van der Waals surface area contributed by atoms with Crippen molar-refractivity contribution in [1.82, 2.24) is 0 Å². The predicted octanol–water partition coefficient (Wildman–Crippen LogP) is 5.31. The van der Waals surface area contributed by atoms with Gasteiger partial charge in [-0.05, 0) is 54.8 Å². The maximum absolute atomic E-state index is 13.5. The van der Waals surface area contributed by atoms with Gasteiger partial charge in [0.05, 0.1) is 22.2 Å². The van der Waals surface area contributed by atoms with Gasteiger partial charge in [-0.15, -0.1) is 6.58 Å². The number of benzene rings is 3. The fourth-order valence-corrected chi connectivity index (χ4v) is 5.70. The molecule has 0 bridgehead atoms. The molecule has 3 aromatic rings. The van der Waals surface area contributed by atoms with Gasteiger partial charge in [0.1, 0.15) is 0 Å². The van der Waals surface area contributed by atoms with Gasteiger partial charge in [0, 0.05) is 17.8 Å². The van der Waals surface area contributed by atoms with Crippen LogP contribution in [0.5, 0.6) is 0 Å². The third-order valence-corrected chi connectivity index (χ3v) is 7.54. The van der Waals surface area contributed by atoms with Gasteiger partial charge in [-0.3, -0.25) is 9.10 Å². The van der Waals surface area contributed by atoms with E-state index in [1.54, 1.807) is 41.3 Å². The molecule has 4 rings (SSSR count). The number of fused-ring (bicyclic) bond motifs is 1. The number of carbonyl (C=O) groups excluding carboxylic acids is 1. The second kappa shape index (κ2) is 9.18. The van der Waals surface area contributed by atoms with Crippen LogP contribution in [0.2, 0.25) is 5.02 Å². The second-order valence-electron chi connectivity index (χ2n) is 7.49. The zero-order chi connectivity index (χ0) is 22.7. The maximum atomic E-state index is 13.5. The summed E-state index contributed by atoms with van der Waals surface area (Å²) in [4.78, 5) is 15.1. The Hall–Kier alpha value is -3.09. The summed E-state index contributed by atoms with van der Waals surface area (Å²) in [5.41, 5.74) is 2.67. The monoisotopic (exact) mass is 466 g/mol. The van der Waals surface area contributed by atoms with E-state index in [0.29, 0.717) is 22.8 Å². The number of carbonyl (C=O) groups is 1. The third kappa shape index (κ3) is 4.16. The summed E-state index contributed by atoms with van der Waals surface area (Å²) < 4.78 is 28.2. The number of nitrogens with zero attached hydrogens (tertiary/aromatic N) is 2. The normalized spacial score (nSPS) is 13.3. The molecule has 0 fully saturated rings. The molecule has 0 saturated heterocycles. The average Bonchev–Trinajstić information content (AvgIpc) is 2.82. The predicted molar refractivity (Wildman–Crippen MR) is 129 cm³/mol. The Morgan fingerprint density at radius 3 is 2.59 bits per heavy atom. The molecule has 5 nitrogen and oxygen atoms in total. The molecule has 0 N–H and O–H groups in total. The van der Waals surface area contributed by atoms with Crippen molar-refractivity contribution in [2.24, 2.45) is 0 Å². The highest BCUT2D eigenvalue weighted by Crippen LogP contribution is 2.32. The van der Waals surface area contributed by atoms with Gasteiger partial charge in [-0.25, -0.2) is 8.42 Å². The van der Waals surface area contributed by atoms with Crippen LogP contribution >= 0.6 is 11.6 Å². The average molecular weight is 467 g/mol. The van der Waals surface area contributed by atoms with Crippen molar-refractivity contribution in [2.75, 3.05) is 22.3 Å². The van der Waals surface area contributed by atoms with E-state index in [4.69, 9.17) is 11.6 Å². The van der Waals surface area contributed by atoms with Crippen LogP contribution in [0.1, 0.15) is 22.3 Å². The van der Waals surface area contributed by atoms with Crippen LogP contribution in [-0.4, -0.2) is 27.4 Å². The standard InChI is InChI=1S/C25H23ClN2O3S/c1-2-16-28(24-15-6-4-13-22(24)26)32(30,31)21-12-7-10-20(18-21)25(29)27-17-8-11-19-9-3-5-14-23(19)27/h2-7,9-10,12-15,18H,1,8,11,16-17H2. The number of amides is 1. The van der Waals surface area contributed by atoms with Gasteiger partial charge in [0.15, 0.2) is 0 Å². The molecule has 1 aliphatic heterocycles. The molecule has 0 spiro atoms. The molecule has 164 valence electrons. The Bertz CT molecular complexity index is 1270. The van der Waals surface area contributed by atoms with Crippen molar-refractivity contribution in [3.8, 4) is 0 Å². The van der Waals surface area contributed by atoms with Gasteiger partial charge >= 0.3 is 0 Å². The van der Waals surface area contributed by atoms with E-state index in [1.165, 1.54) is 22.5 Å². The lowest BCUT2D eigenvalue weighted by Gasteiger charge is -2.29. The minimum atomic E-state index is -3.98.